The summed E-state index contributed by atoms with van der Waals surface area (Å²) in [6.07, 6.45) is 1.15. The first-order valence-electron chi connectivity index (χ1n) is 7.13. The Morgan fingerprint density at radius 3 is 2.71 bits per heavy atom. The number of aryl methyl sites for hydroxylation is 1. The number of nitrogens with zero attached hydrogens (tertiary/aromatic N) is 1. The van der Waals surface area contributed by atoms with Crippen LogP contribution in [-0.4, -0.2) is 9.67 Å². The third-order valence-corrected chi connectivity index (χ3v) is 4.54. The summed E-state index contributed by atoms with van der Waals surface area (Å²) in [7, 11) is 0. The van der Waals surface area contributed by atoms with Gasteiger partial charge in [0.15, 0.2) is 0 Å². The van der Waals surface area contributed by atoms with Gasteiger partial charge in [0.25, 0.3) is 0 Å². The second-order valence-electron chi connectivity index (χ2n) is 6.68. The molecule has 0 fully saturated rings. The molecule has 0 bridgehead atoms. The van der Waals surface area contributed by atoms with Crippen LogP contribution in [0.15, 0.2) is 24.3 Å². The summed E-state index contributed by atoms with van der Waals surface area (Å²) in [5.41, 5.74) is 3.80. The van der Waals surface area contributed by atoms with Gasteiger partial charge >= 0.3 is 0 Å². The number of rotatable bonds is 1. The zero-order valence-corrected chi connectivity index (χ0v) is 13.2. The number of hydrogen-bond acceptors (Lipinski definition) is 1. The lowest BCUT2D eigenvalue weighted by Gasteiger charge is -2.34. The largest absolute Gasteiger partial charge is 0.388 e. The zero-order valence-electron chi connectivity index (χ0n) is 12.5. The molecule has 0 amide bonds. The van der Waals surface area contributed by atoms with Crippen molar-refractivity contribution in [2.24, 2.45) is 5.41 Å². The molecule has 0 spiro atoms. The molecule has 0 aliphatic heterocycles. The molecule has 1 aliphatic carbocycles. The molecule has 2 aromatic rings. The molecule has 2 nitrogen and oxygen atoms in total. The summed E-state index contributed by atoms with van der Waals surface area (Å²) in [4.78, 5) is 0. The average Bonchev–Trinajstić information content (AvgIpc) is 2.68. The van der Waals surface area contributed by atoms with Gasteiger partial charge in [-0.25, -0.2) is 4.39 Å². The zero-order chi connectivity index (χ0) is 15.4. The first-order valence-corrected chi connectivity index (χ1v) is 7.51. The van der Waals surface area contributed by atoms with Gasteiger partial charge < -0.3 is 9.67 Å². The number of halogens is 2. The van der Waals surface area contributed by atoms with Crippen LogP contribution in [0.25, 0.3) is 5.69 Å². The van der Waals surface area contributed by atoms with E-state index in [1.165, 1.54) is 6.07 Å². The van der Waals surface area contributed by atoms with Crippen molar-refractivity contribution in [1.82, 2.24) is 4.57 Å². The van der Waals surface area contributed by atoms with E-state index in [2.05, 4.69) is 13.8 Å². The average molecular weight is 308 g/mol. The number of hydrogen-bond donors (Lipinski definition) is 1. The fourth-order valence-corrected chi connectivity index (χ4v) is 3.44. The minimum absolute atomic E-state index is 0.0277. The van der Waals surface area contributed by atoms with Crippen molar-refractivity contribution >= 4 is 11.6 Å². The Hall–Kier alpha value is -1.32. The van der Waals surface area contributed by atoms with Crippen LogP contribution < -0.4 is 0 Å². The van der Waals surface area contributed by atoms with Gasteiger partial charge in [0.2, 0.25) is 0 Å². The molecule has 1 N–H and O–H groups in total. The first-order chi connectivity index (χ1) is 9.78. The minimum Gasteiger partial charge on any atom is -0.388 e. The van der Waals surface area contributed by atoms with Crippen molar-refractivity contribution in [1.29, 1.82) is 0 Å². The summed E-state index contributed by atoms with van der Waals surface area (Å²) in [6, 6.07) is 6.83. The fourth-order valence-electron chi connectivity index (χ4n) is 3.33. The molecule has 0 saturated carbocycles. The van der Waals surface area contributed by atoms with Gasteiger partial charge in [0, 0.05) is 22.6 Å². The van der Waals surface area contributed by atoms with Crippen LogP contribution in [0.4, 0.5) is 4.39 Å². The van der Waals surface area contributed by atoms with E-state index in [0.29, 0.717) is 0 Å². The fraction of sp³-hybridized carbons (Fsp3) is 0.412. The summed E-state index contributed by atoms with van der Waals surface area (Å²) in [5.74, 6) is -0.424. The van der Waals surface area contributed by atoms with Gasteiger partial charge in [-0.3, -0.25) is 0 Å². The lowest BCUT2D eigenvalue weighted by atomic mass is 9.75. The maximum atomic E-state index is 13.8. The highest BCUT2D eigenvalue weighted by Crippen LogP contribution is 2.42. The maximum Gasteiger partial charge on any atom is 0.143 e. The minimum atomic E-state index is -0.458. The Morgan fingerprint density at radius 1 is 1.33 bits per heavy atom. The van der Waals surface area contributed by atoms with Crippen LogP contribution in [0, 0.1) is 18.2 Å². The molecular weight excluding hydrogens is 289 g/mol. The highest BCUT2D eigenvalue weighted by molar-refractivity contribution is 6.30. The number of aliphatic hydroxyl groups excluding tert-OH is 1. The van der Waals surface area contributed by atoms with E-state index in [0.717, 1.165) is 35.5 Å². The van der Waals surface area contributed by atoms with Crippen molar-refractivity contribution < 1.29 is 9.50 Å². The summed E-state index contributed by atoms with van der Waals surface area (Å²) in [6.45, 7) is 6.27. The van der Waals surface area contributed by atoms with E-state index < -0.39 is 11.9 Å². The van der Waals surface area contributed by atoms with Crippen molar-refractivity contribution in [3.8, 4) is 5.69 Å². The second-order valence-corrected chi connectivity index (χ2v) is 7.09. The molecule has 112 valence electrons. The van der Waals surface area contributed by atoms with Crippen LogP contribution in [0.2, 0.25) is 5.02 Å². The van der Waals surface area contributed by atoms with Crippen LogP contribution in [-0.2, 0) is 6.42 Å². The highest BCUT2D eigenvalue weighted by Gasteiger charge is 2.34. The molecule has 4 heteroatoms. The number of aliphatic hydroxyl groups is 1. The monoisotopic (exact) mass is 307 g/mol. The molecule has 1 heterocycles. The van der Waals surface area contributed by atoms with E-state index in [9.17, 15) is 9.50 Å². The first kappa shape index (κ1) is 14.6. The molecule has 1 aromatic carbocycles. The normalized spacial score (nSPS) is 20.4. The van der Waals surface area contributed by atoms with Crippen LogP contribution in [0.3, 0.4) is 0 Å². The van der Waals surface area contributed by atoms with E-state index in [1.807, 2.05) is 23.6 Å². The second kappa shape index (κ2) is 4.85. The lowest BCUT2D eigenvalue weighted by molar-refractivity contribution is 0.0987. The molecular formula is C17H19ClFNO. The molecule has 0 saturated heterocycles. The van der Waals surface area contributed by atoms with E-state index in [1.54, 1.807) is 6.07 Å². The summed E-state index contributed by atoms with van der Waals surface area (Å²) >= 11 is 5.77. The number of benzene rings is 1. The molecule has 1 aliphatic rings. The topological polar surface area (TPSA) is 25.2 Å². The van der Waals surface area contributed by atoms with E-state index >= 15 is 0 Å². The molecule has 1 atom stereocenters. The van der Waals surface area contributed by atoms with Crippen molar-refractivity contribution in [3.05, 3.63) is 52.1 Å². The predicted octanol–water partition coefficient (Wildman–Crippen LogP) is 4.58. The molecule has 21 heavy (non-hydrogen) atoms. The van der Waals surface area contributed by atoms with Crippen LogP contribution >= 0.6 is 11.6 Å². The Bertz CT molecular complexity index is 705. The van der Waals surface area contributed by atoms with Gasteiger partial charge in [-0.05, 0) is 49.4 Å². The van der Waals surface area contributed by atoms with Crippen molar-refractivity contribution in [2.75, 3.05) is 0 Å². The van der Waals surface area contributed by atoms with Crippen molar-refractivity contribution in [3.63, 3.8) is 0 Å². The van der Waals surface area contributed by atoms with Gasteiger partial charge in [0.05, 0.1) is 11.1 Å². The molecule has 1 unspecified atom stereocenters. The molecule has 0 radical (unpaired) electrons. The van der Waals surface area contributed by atoms with Gasteiger partial charge in [-0.15, -0.1) is 0 Å². The quantitative estimate of drug-likeness (QED) is 0.819. The van der Waals surface area contributed by atoms with E-state index in [4.69, 9.17) is 11.6 Å². The summed E-state index contributed by atoms with van der Waals surface area (Å²) < 4.78 is 15.8. The number of aromatic nitrogens is 1. The van der Waals surface area contributed by atoms with Gasteiger partial charge in [-0.1, -0.05) is 25.4 Å². The smallest absolute Gasteiger partial charge is 0.143 e. The Balaban J connectivity index is 2.18. The summed E-state index contributed by atoms with van der Waals surface area (Å²) in [5, 5.41) is 10.5. The van der Waals surface area contributed by atoms with Gasteiger partial charge in [0.1, 0.15) is 5.82 Å². The lowest BCUT2D eigenvalue weighted by Crippen LogP contribution is -2.26. The number of fused-ring (bicyclic) bond motifs is 1. The SMILES string of the molecule is Cc1cc2c(n1-c1ccc(Cl)c(F)c1)CC(C)(C)CC2O. The van der Waals surface area contributed by atoms with Gasteiger partial charge in [-0.2, -0.15) is 0 Å². The maximum absolute atomic E-state index is 13.8. The van der Waals surface area contributed by atoms with Crippen LogP contribution in [0.1, 0.15) is 43.3 Å². The molecule has 1 aromatic heterocycles. The molecule has 3 rings (SSSR count). The Morgan fingerprint density at radius 2 is 2.05 bits per heavy atom. The third kappa shape index (κ3) is 2.49. The highest BCUT2D eigenvalue weighted by atomic mass is 35.5. The Labute approximate surface area is 129 Å². The van der Waals surface area contributed by atoms with E-state index in [-0.39, 0.29) is 10.4 Å². The van der Waals surface area contributed by atoms with Crippen LogP contribution in [0.5, 0.6) is 0 Å². The predicted molar refractivity (Wildman–Crippen MR) is 82.5 cm³/mol. The Kier molecular flexibility index (Phi) is 3.38. The third-order valence-electron chi connectivity index (χ3n) is 4.23. The standard InChI is InChI=1S/C17H19ClFNO/c1-10-6-12-15(8-17(2,3)9-16(12)21)20(10)11-4-5-13(18)14(19)7-11/h4-7,16,21H,8-9H2,1-3H3. The van der Waals surface area contributed by atoms with Crippen molar-refractivity contribution in [2.45, 2.75) is 39.7 Å².